The van der Waals surface area contributed by atoms with Gasteiger partial charge in [0.15, 0.2) is 0 Å². The quantitative estimate of drug-likeness (QED) is 0.842. The first-order valence-electron chi connectivity index (χ1n) is 5.63. The summed E-state index contributed by atoms with van der Waals surface area (Å²) < 4.78 is 0. The maximum Gasteiger partial charge on any atom is 0.0412 e. The van der Waals surface area contributed by atoms with E-state index in [1.807, 2.05) is 12.1 Å². The lowest BCUT2D eigenvalue weighted by Crippen LogP contribution is -2.19. The molecule has 82 valence electrons. The molecule has 0 atom stereocenters. The highest BCUT2D eigenvalue weighted by Gasteiger charge is 2.42. The van der Waals surface area contributed by atoms with E-state index in [0.29, 0.717) is 0 Å². The molecule has 0 unspecified atom stereocenters. The first-order valence-corrected chi connectivity index (χ1v) is 6.01. The number of hydrogen-bond acceptors (Lipinski definition) is 1. The summed E-state index contributed by atoms with van der Waals surface area (Å²) in [6.07, 6.45) is 2.44. The SMILES string of the molecule is NCC1(c2ccc3ccc(Cl)cc3c2)CC1. The van der Waals surface area contributed by atoms with Crippen molar-refractivity contribution < 1.29 is 0 Å². The van der Waals surface area contributed by atoms with Crippen molar-refractivity contribution in [2.24, 2.45) is 5.73 Å². The first-order chi connectivity index (χ1) is 7.73. The number of hydrogen-bond donors (Lipinski definition) is 1. The van der Waals surface area contributed by atoms with Crippen LogP contribution < -0.4 is 5.73 Å². The van der Waals surface area contributed by atoms with Crippen LogP contribution in [-0.2, 0) is 5.41 Å². The summed E-state index contributed by atoms with van der Waals surface area (Å²) in [5.41, 5.74) is 7.47. The molecule has 1 aliphatic carbocycles. The maximum absolute atomic E-state index is 6.01. The first kappa shape index (κ1) is 10.1. The summed E-state index contributed by atoms with van der Waals surface area (Å²) in [5.74, 6) is 0. The van der Waals surface area contributed by atoms with Gasteiger partial charge in [0.2, 0.25) is 0 Å². The van der Waals surface area contributed by atoms with Crippen LogP contribution in [-0.4, -0.2) is 6.54 Å². The molecular formula is C14H14ClN. The van der Waals surface area contributed by atoms with Crippen molar-refractivity contribution in [2.75, 3.05) is 6.54 Å². The summed E-state index contributed by atoms with van der Waals surface area (Å²) in [6, 6.07) is 12.6. The zero-order valence-corrected chi connectivity index (χ0v) is 9.80. The molecule has 0 spiro atoms. The maximum atomic E-state index is 6.01. The fourth-order valence-corrected chi connectivity index (χ4v) is 2.49. The minimum Gasteiger partial charge on any atom is -0.330 e. The number of halogens is 1. The second-order valence-corrected chi connectivity index (χ2v) is 5.13. The van der Waals surface area contributed by atoms with E-state index in [0.717, 1.165) is 11.6 Å². The molecule has 2 N–H and O–H groups in total. The Morgan fingerprint density at radius 3 is 2.50 bits per heavy atom. The molecule has 0 saturated heterocycles. The fourth-order valence-electron chi connectivity index (χ4n) is 2.31. The molecule has 1 saturated carbocycles. The van der Waals surface area contributed by atoms with Crippen LogP contribution in [0.1, 0.15) is 18.4 Å². The molecule has 0 radical (unpaired) electrons. The van der Waals surface area contributed by atoms with Crippen LogP contribution in [0, 0.1) is 0 Å². The van der Waals surface area contributed by atoms with Gasteiger partial charge in [0.25, 0.3) is 0 Å². The third-order valence-corrected chi connectivity index (χ3v) is 3.89. The van der Waals surface area contributed by atoms with Gasteiger partial charge in [-0.3, -0.25) is 0 Å². The van der Waals surface area contributed by atoms with Crippen molar-refractivity contribution in [1.29, 1.82) is 0 Å². The summed E-state index contributed by atoms with van der Waals surface area (Å²) in [7, 11) is 0. The molecule has 2 aromatic carbocycles. The average molecular weight is 232 g/mol. The predicted octanol–water partition coefficient (Wildman–Crippen LogP) is 3.48. The largest absolute Gasteiger partial charge is 0.330 e. The molecule has 2 aromatic rings. The molecular weight excluding hydrogens is 218 g/mol. The average Bonchev–Trinajstić information content (AvgIpc) is 3.09. The van der Waals surface area contributed by atoms with Crippen molar-refractivity contribution in [3.8, 4) is 0 Å². The highest BCUT2D eigenvalue weighted by molar-refractivity contribution is 6.31. The Morgan fingerprint density at radius 1 is 1.06 bits per heavy atom. The summed E-state index contributed by atoms with van der Waals surface area (Å²) in [5, 5.41) is 3.24. The fraction of sp³-hybridized carbons (Fsp3) is 0.286. The molecule has 16 heavy (non-hydrogen) atoms. The Hall–Kier alpha value is -1.05. The Morgan fingerprint density at radius 2 is 1.81 bits per heavy atom. The van der Waals surface area contributed by atoms with Crippen LogP contribution in [0.2, 0.25) is 5.02 Å². The van der Waals surface area contributed by atoms with E-state index in [1.165, 1.54) is 29.2 Å². The van der Waals surface area contributed by atoms with E-state index in [2.05, 4.69) is 24.3 Å². The Balaban J connectivity index is 2.15. The number of rotatable bonds is 2. The van der Waals surface area contributed by atoms with E-state index >= 15 is 0 Å². The molecule has 1 nitrogen and oxygen atoms in total. The Labute approximate surface area is 100 Å². The van der Waals surface area contributed by atoms with Gasteiger partial charge in [-0.2, -0.15) is 0 Å². The van der Waals surface area contributed by atoms with Crippen LogP contribution in [0.4, 0.5) is 0 Å². The smallest absolute Gasteiger partial charge is 0.0412 e. The molecule has 1 aliphatic rings. The second-order valence-electron chi connectivity index (χ2n) is 4.69. The van der Waals surface area contributed by atoms with Crippen molar-refractivity contribution >= 4 is 22.4 Å². The van der Waals surface area contributed by atoms with Crippen LogP contribution in [0.15, 0.2) is 36.4 Å². The van der Waals surface area contributed by atoms with Crippen molar-refractivity contribution in [2.45, 2.75) is 18.3 Å². The lowest BCUT2D eigenvalue weighted by atomic mass is 9.94. The number of benzene rings is 2. The van der Waals surface area contributed by atoms with E-state index in [1.54, 1.807) is 0 Å². The highest BCUT2D eigenvalue weighted by Crippen LogP contribution is 2.47. The zero-order chi connectivity index (χ0) is 11.2. The Kier molecular flexibility index (Phi) is 2.20. The van der Waals surface area contributed by atoms with Crippen molar-refractivity contribution in [3.05, 3.63) is 47.0 Å². The lowest BCUT2D eigenvalue weighted by Gasteiger charge is -2.13. The topological polar surface area (TPSA) is 26.0 Å². The van der Waals surface area contributed by atoms with Gasteiger partial charge < -0.3 is 5.73 Å². The zero-order valence-electron chi connectivity index (χ0n) is 9.04. The summed E-state index contributed by atoms with van der Waals surface area (Å²) >= 11 is 6.01. The van der Waals surface area contributed by atoms with Crippen LogP contribution in [0.5, 0.6) is 0 Å². The van der Waals surface area contributed by atoms with Crippen molar-refractivity contribution in [1.82, 2.24) is 0 Å². The number of nitrogens with two attached hydrogens (primary N) is 1. The lowest BCUT2D eigenvalue weighted by molar-refractivity contribution is 0.706. The molecule has 0 amide bonds. The van der Waals surface area contributed by atoms with E-state index in [4.69, 9.17) is 17.3 Å². The molecule has 1 fully saturated rings. The normalized spacial score (nSPS) is 17.6. The summed E-state index contributed by atoms with van der Waals surface area (Å²) in [4.78, 5) is 0. The third kappa shape index (κ3) is 1.51. The minimum absolute atomic E-state index is 0.260. The standard InChI is InChI=1S/C14H14ClN/c15-13-4-2-10-1-3-12(7-11(10)8-13)14(9-16)5-6-14/h1-4,7-8H,5-6,9,16H2. The van der Waals surface area contributed by atoms with E-state index in [-0.39, 0.29) is 5.41 Å². The van der Waals surface area contributed by atoms with Gasteiger partial charge >= 0.3 is 0 Å². The predicted molar refractivity (Wildman–Crippen MR) is 68.9 cm³/mol. The second kappa shape index (κ2) is 3.47. The van der Waals surface area contributed by atoms with Crippen LogP contribution in [0.25, 0.3) is 10.8 Å². The summed E-state index contributed by atoms with van der Waals surface area (Å²) in [6.45, 7) is 0.749. The van der Waals surface area contributed by atoms with Gasteiger partial charge in [0, 0.05) is 17.0 Å². The Bertz CT molecular complexity index is 543. The monoisotopic (exact) mass is 231 g/mol. The van der Waals surface area contributed by atoms with Crippen LogP contribution in [0.3, 0.4) is 0 Å². The van der Waals surface area contributed by atoms with E-state index in [9.17, 15) is 0 Å². The number of fused-ring (bicyclic) bond motifs is 1. The minimum atomic E-state index is 0.260. The van der Waals surface area contributed by atoms with Crippen molar-refractivity contribution in [3.63, 3.8) is 0 Å². The third-order valence-electron chi connectivity index (χ3n) is 3.66. The molecule has 2 heteroatoms. The van der Waals surface area contributed by atoms with Gasteiger partial charge in [-0.05, 0) is 41.3 Å². The highest BCUT2D eigenvalue weighted by atomic mass is 35.5. The van der Waals surface area contributed by atoms with E-state index < -0.39 is 0 Å². The molecule has 0 aromatic heterocycles. The van der Waals surface area contributed by atoms with Gasteiger partial charge in [-0.25, -0.2) is 0 Å². The van der Waals surface area contributed by atoms with Gasteiger partial charge in [-0.1, -0.05) is 35.9 Å². The molecule has 0 aliphatic heterocycles. The van der Waals surface area contributed by atoms with Gasteiger partial charge in [0.05, 0.1) is 0 Å². The molecule has 3 rings (SSSR count). The van der Waals surface area contributed by atoms with Gasteiger partial charge in [-0.15, -0.1) is 0 Å². The van der Waals surface area contributed by atoms with Gasteiger partial charge in [0.1, 0.15) is 0 Å². The molecule has 0 heterocycles. The van der Waals surface area contributed by atoms with Crippen LogP contribution >= 0.6 is 11.6 Å². The molecule has 0 bridgehead atoms.